The molecule has 1 aromatic carbocycles. The number of ether oxygens (including phenoxy) is 1. The molecule has 104 valence electrons. The Morgan fingerprint density at radius 1 is 1.53 bits per heavy atom. The van der Waals surface area contributed by atoms with Gasteiger partial charge in [0.15, 0.2) is 0 Å². The first-order valence-electron chi connectivity index (χ1n) is 6.58. The van der Waals surface area contributed by atoms with Crippen molar-refractivity contribution in [3.05, 3.63) is 29.3 Å². The summed E-state index contributed by atoms with van der Waals surface area (Å²) < 4.78 is 5.22. The third-order valence-electron chi connectivity index (χ3n) is 3.88. The molecule has 0 bridgehead atoms. The van der Waals surface area contributed by atoms with Gasteiger partial charge in [-0.2, -0.15) is 0 Å². The molecular formula is C15H21NO3. The van der Waals surface area contributed by atoms with E-state index in [2.05, 4.69) is 5.32 Å². The second kappa shape index (κ2) is 5.21. The van der Waals surface area contributed by atoms with E-state index in [0.29, 0.717) is 17.2 Å². The van der Waals surface area contributed by atoms with Crippen LogP contribution in [0, 0.1) is 12.8 Å². The van der Waals surface area contributed by atoms with Gasteiger partial charge in [-0.15, -0.1) is 0 Å². The highest BCUT2D eigenvalue weighted by Crippen LogP contribution is 2.39. The number of benzene rings is 1. The standard InChI is InChI=1S/C15H21NO3/c1-10-4-5-11(8-13(10)19-3)14(18)16-15(2,9-17)12-6-7-12/h4-5,8,12,17H,6-7,9H2,1-3H3,(H,16,18). The largest absolute Gasteiger partial charge is 0.496 e. The molecule has 1 atom stereocenters. The Bertz CT molecular complexity index is 482. The first-order valence-corrected chi connectivity index (χ1v) is 6.58. The van der Waals surface area contributed by atoms with E-state index >= 15 is 0 Å². The molecule has 0 radical (unpaired) electrons. The highest BCUT2D eigenvalue weighted by Gasteiger charge is 2.42. The van der Waals surface area contributed by atoms with Crippen molar-refractivity contribution in [2.75, 3.05) is 13.7 Å². The fraction of sp³-hybridized carbons (Fsp3) is 0.533. The number of amides is 1. The molecule has 0 aromatic heterocycles. The molecule has 1 aliphatic rings. The van der Waals surface area contributed by atoms with E-state index in [1.807, 2.05) is 19.9 Å². The van der Waals surface area contributed by atoms with E-state index in [-0.39, 0.29) is 12.5 Å². The van der Waals surface area contributed by atoms with Crippen LogP contribution in [0.4, 0.5) is 0 Å². The highest BCUT2D eigenvalue weighted by atomic mass is 16.5. The molecule has 1 aromatic rings. The van der Waals surface area contributed by atoms with Gasteiger partial charge in [0, 0.05) is 5.56 Å². The minimum atomic E-state index is -0.519. The number of rotatable bonds is 5. The number of aliphatic hydroxyl groups is 1. The topological polar surface area (TPSA) is 58.6 Å². The van der Waals surface area contributed by atoms with Gasteiger partial charge in [0.2, 0.25) is 0 Å². The molecule has 1 saturated carbocycles. The predicted octanol–water partition coefficient (Wildman–Crippen LogP) is 1.89. The normalized spacial score (nSPS) is 17.7. The van der Waals surface area contributed by atoms with Crippen LogP contribution in [0.1, 0.15) is 35.7 Å². The van der Waals surface area contributed by atoms with Crippen LogP contribution in [0.15, 0.2) is 18.2 Å². The van der Waals surface area contributed by atoms with E-state index in [9.17, 15) is 9.90 Å². The van der Waals surface area contributed by atoms with Crippen molar-refractivity contribution in [1.29, 1.82) is 0 Å². The molecule has 4 nitrogen and oxygen atoms in total. The zero-order chi connectivity index (χ0) is 14.0. The Hall–Kier alpha value is -1.55. The lowest BCUT2D eigenvalue weighted by atomic mass is 9.96. The second-order valence-electron chi connectivity index (χ2n) is 5.49. The maximum atomic E-state index is 12.3. The molecule has 2 rings (SSSR count). The second-order valence-corrected chi connectivity index (χ2v) is 5.49. The summed E-state index contributed by atoms with van der Waals surface area (Å²) in [4.78, 5) is 12.3. The lowest BCUT2D eigenvalue weighted by Crippen LogP contribution is -2.50. The zero-order valence-corrected chi connectivity index (χ0v) is 11.7. The average molecular weight is 263 g/mol. The monoisotopic (exact) mass is 263 g/mol. The Kier molecular flexibility index (Phi) is 3.80. The third kappa shape index (κ3) is 2.89. The number of hydrogen-bond donors (Lipinski definition) is 2. The summed E-state index contributed by atoms with van der Waals surface area (Å²) in [6, 6.07) is 5.37. The van der Waals surface area contributed by atoms with Crippen LogP contribution in [0.3, 0.4) is 0 Å². The summed E-state index contributed by atoms with van der Waals surface area (Å²) in [6.07, 6.45) is 2.13. The van der Waals surface area contributed by atoms with Crippen LogP contribution < -0.4 is 10.1 Å². The lowest BCUT2D eigenvalue weighted by molar-refractivity contribution is 0.0824. The minimum Gasteiger partial charge on any atom is -0.496 e. The first-order chi connectivity index (χ1) is 9.00. The number of methoxy groups -OCH3 is 1. The van der Waals surface area contributed by atoms with Crippen molar-refractivity contribution in [3.63, 3.8) is 0 Å². The van der Waals surface area contributed by atoms with Crippen LogP contribution in [-0.2, 0) is 0 Å². The van der Waals surface area contributed by atoms with Crippen LogP contribution in [0.25, 0.3) is 0 Å². The number of nitrogens with one attached hydrogen (secondary N) is 1. The fourth-order valence-corrected chi connectivity index (χ4v) is 2.28. The summed E-state index contributed by atoms with van der Waals surface area (Å²) >= 11 is 0. The number of hydrogen-bond acceptors (Lipinski definition) is 3. The zero-order valence-electron chi connectivity index (χ0n) is 11.7. The minimum absolute atomic E-state index is 0.0353. The molecule has 1 unspecified atom stereocenters. The molecule has 4 heteroatoms. The fourth-order valence-electron chi connectivity index (χ4n) is 2.28. The predicted molar refractivity (Wildman–Crippen MR) is 73.4 cm³/mol. The van der Waals surface area contributed by atoms with E-state index in [0.717, 1.165) is 18.4 Å². The number of carbonyl (C=O) groups excluding carboxylic acids is 1. The first kappa shape index (κ1) is 13.9. The van der Waals surface area contributed by atoms with Gasteiger partial charge in [0.1, 0.15) is 5.75 Å². The van der Waals surface area contributed by atoms with Gasteiger partial charge in [0.05, 0.1) is 19.3 Å². The SMILES string of the molecule is COc1cc(C(=O)NC(C)(CO)C2CC2)ccc1C. The molecule has 1 fully saturated rings. The third-order valence-corrected chi connectivity index (χ3v) is 3.88. The van der Waals surface area contributed by atoms with Gasteiger partial charge >= 0.3 is 0 Å². The molecule has 1 amide bonds. The summed E-state index contributed by atoms with van der Waals surface area (Å²) in [5.74, 6) is 0.917. The van der Waals surface area contributed by atoms with Crippen molar-refractivity contribution >= 4 is 5.91 Å². The summed E-state index contributed by atoms with van der Waals surface area (Å²) in [5, 5.41) is 12.4. The molecule has 19 heavy (non-hydrogen) atoms. The Balaban J connectivity index is 2.15. The van der Waals surface area contributed by atoms with Gasteiger partial charge in [0.25, 0.3) is 5.91 Å². The number of aryl methyl sites for hydroxylation is 1. The Labute approximate surface area is 113 Å². The Morgan fingerprint density at radius 3 is 2.74 bits per heavy atom. The molecule has 1 aliphatic carbocycles. The van der Waals surface area contributed by atoms with Crippen LogP contribution in [-0.4, -0.2) is 30.3 Å². The van der Waals surface area contributed by atoms with Crippen molar-refractivity contribution in [3.8, 4) is 5.75 Å². The van der Waals surface area contributed by atoms with Crippen LogP contribution in [0.5, 0.6) is 5.75 Å². The molecule has 0 spiro atoms. The Morgan fingerprint density at radius 2 is 2.21 bits per heavy atom. The van der Waals surface area contributed by atoms with E-state index in [1.165, 1.54) is 0 Å². The molecule has 2 N–H and O–H groups in total. The van der Waals surface area contributed by atoms with E-state index in [1.54, 1.807) is 19.2 Å². The number of carbonyl (C=O) groups is 1. The smallest absolute Gasteiger partial charge is 0.251 e. The molecule has 0 saturated heterocycles. The van der Waals surface area contributed by atoms with E-state index in [4.69, 9.17) is 4.74 Å². The van der Waals surface area contributed by atoms with Gasteiger partial charge < -0.3 is 15.2 Å². The van der Waals surface area contributed by atoms with E-state index < -0.39 is 5.54 Å². The van der Waals surface area contributed by atoms with Crippen molar-refractivity contribution in [2.24, 2.45) is 5.92 Å². The molecule has 0 aliphatic heterocycles. The summed E-state index contributed by atoms with van der Waals surface area (Å²) in [7, 11) is 1.59. The number of aliphatic hydroxyl groups excluding tert-OH is 1. The maximum absolute atomic E-state index is 12.3. The van der Waals surface area contributed by atoms with Crippen LogP contribution in [0.2, 0.25) is 0 Å². The van der Waals surface area contributed by atoms with Gasteiger partial charge in [-0.1, -0.05) is 6.07 Å². The van der Waals surface area contributed by atoms with Gasteiger partial charge in [-0.3, -0.25) is 4.79 Å². The average Bonchev–Trinajstić information content (AvgIpc) is 3.23. The molecule has 0 heterocycles. The maximum Gasteiger partial charge on any atom is 0.251 e. The quantitative estimate of drug-likeness (QED) is 0.853. The molecular weight excluding hydrogens is 242 g/mol. The van der Waals surface area contributed by atoms with Crippen LogP contribution >= 0.6 is 0 Å². The summed E-state index contributed by atoms with van der Waals surface area (Å²) in [5.41, 5.74) is 1.03. The lowest BCUT2D eigenvalue weighted by Gasteiger charge is -2.28. The van der Waals surface area contributed by atoms with Crippen molar-refractivity contribution < 1.29 is 14.6 Å². The van der Waals surface area contributed by atoms with Gasteiger partial charge in [-0.25, -0.2) is 0 Å². The summed E-state index contributed by atoms with van der Waals surface area (Å²) in [6.45, 7) is 3.79. The van der Waals surface area contributed by atoms with Crippen molar-refractivity contribution in [2.45, 2.75) is 32.2 Å². The van der Waals surface area contributed by atoms with Crippen molar-refractivity contribution in [1.82, 2.24) is 5.32 Å². The van der Waals surface area contributed by atoms with Gasteiger partial charge in [-0.05, 0) is 50.3 Å². The highest BCUT2D eigenvalue weighted by molar-refractivity contribution is 5.95.